The third-order valence-corrected chi connectivity index (χ3v) is 9.22. The lowest BCUT2D eigenvalue weighted by Gasteiger charge is -2.29. The summed E-state index contributed by atoms with van der Waals surface area (Å²) >= 11 is 0. The summed E-state index contributed by atoms with van der Waals surface area (Å²) in [6.45, 7) is 8.82. The molecule has 0 N–H and O–H groups in total. The van der Waals surface area contributed by atoms with Gasteiger partial charge in [0.05, 0.1) is 17.6 Å². The topological polar surface area (TPSA) is 43.4 Å². The fraction of sp³-hybridized carbons (Fsp3) is 0.750. The SMILES string of the molecule is Cc1ccc(CCC2CCC(CS(=O)(=O)C(C)C)CC2)c(C)c1OCC1CC1. The summed E-state index contributed by atoms with van der Waals surface area (Å²) in [6.07, 6.45) is 9.43. The van der Waals surface area contributed by atoms with E-state index in [-0.39, 0.29) is 5.25 Å². The molecule has 4 heteroatoms. The maximum absolute atomic E-state index is 12.2. The molecule has 0 atom stereocenters. The average Bonchev–Trinajstić information content (AvgIpc) is 3.46. The summed E-state index contributed by atoms with van der Waals surface area (Å²) in [7, 11) is -2.91. The van der Waals surface area contributed by atoms with E-state index in [4.69, 9.17) is 4.74 Å². The zero-order valence-corrected chi connectivity index (χ0v) is 19.0. The summed E-state index contributed by atoms with van der Waals surface area (Å²) < 4.78 is 30.5. The molecule has 158 valence electrons. The van der Waals surface area contributed by atoms with E-state index in [9.17, 15) is 8.42 Å². The lowest BCUT2D eigenvalue weighted by molar-refractivity contribution is 0.278. The van der Waals surface area contributed by atoms with E-state index >= 15 is 0 Å². The van der Waals surface area contributed by atoms with Gasteiger partial charge in [0.2, 0.25) is 0 Å². The van der Waals surface area contributed by atoms with E-state index in [1.165, 1.54) is 48.8 Å². The second kappa shape index (κ2) is 9.19. The van der Waals surface area contributed by atoms with Crippen LogP contribution >= 0.6 is 0 Å². The highest BCUT2D eigenvalue weighted by Crippen LogP contribution is 2.35. The number of hydrogen-bond acceptors (Lipinski definition) is 3. The van der Waals surface area contributed by atoms with Gasteiger partial charge in [0, 0.05) is 0 Å². The molecule has 0 amide bonds. The third-order valence-electron chi connectivity index (χ3n) is 6.85. The molecule has 0 spiro atoms. The molecule has 1 aromatic carbocycles. The monoisotopic (exact) mass is 406 g/mol. The van der Waals surface area contributed by atoms with E-state index in [0.717, 1.165) is 43.5 Å². The van der Waals surface area contributed by atoms with E-state index in [1.54, 1.807) is 13.8 Å². The van der Waals surface area contributed by atoms with E-state index in [0.29, 0.717) is 11.7 Å². The van der Waals surface area contributed by atoms with Gasteiger partial charge in [-0.15, -0.1) is 0 Å². The molecular formula is C24H38O3S. The van der Waals surface area contributed by atoms with E-state index in [2.05, 4.69) is 26.0 Å². The second-order valence-corrected chi connectivity index (χ2v) is 12.2. The Hall–Kier alpha value is -1.03. The zero-order valence-electron chi connectivity index (χ0n) is 18.2. The quantitative estimate of drug-likeness (QED) is 0.532. The molecular weight excluding hydrogens is 368 g/mol. The number of aryl methyl sites for hydroxylation is 2. The van der Waals surface area contributed by atoms with Crippen LogP contribution in [0.4, 0.5) is 0 Å². The molecule has 0 aromatic heterocycles. The summed E-state index contributed by atoms with van der Waals surface area (Å²) in [5.74, 6) is 3.36. The van der Waals surface area contributed by atoms with Crippen LogP contribution in [0.1, 0.15) is 75.5 Å². The van der Waals surface area contributed by atoms with Crippen molar-refractivity contribution in [1.29, 1.82) is 0 Å². The van der Waals surface area contributed by atoms with Crippen LogP contribution in [0.3, 0.4) is 0 Å². The van der Waals surface area contributed by atoms with Gasteiger partial charge >= 0.3 is 0 Å². The highest BCUT2D eigenvalue weighted by atomic mass is 32.2. The minimum atomic E-state index is -2.91. The average molecular weight is 407 g/mol. The molecule has 0 unspecified atom stereocenters. The van der Waals surface area contributed by atoms with Crippen molar-refractivity contribution in [2.24, 2.45) is 17.8 Å². The molecule has 28 heavy (non-hydrogen) atoms. The molecule has 1 aromatic rings. The van der Waals surface area contributed by atoms with Crippen LogP contribution in [-0.2, 0) is 16.3 Å². The van der Waals surface area contributed by atoms with Crippen LogP contribution < -0.4 is 4.74 Å². The first-order valence-electron chi connectivity index (χ1n) is 11.2. The summed E-state index contributed by atoms with van der Waals surface area (Å²) in [6, 6.07) is 4.48. The predicted octanol–water partition coefficient (Wildman–Crippen LogP) is 5.65. The lowest BCUT2D eigenvalue weighted by atomic mass is 9.80. The van der Waals surface area contributed by atoms with E-state index in [1.807, 2.05) is 0 Å². The van der Waals surface area contributed by atoms with Crippen LogP contribution in [0.5, 0.6) is 5.75 Å². The third kappa shape index (κ3) is 5.75. The van der Waals surface area contributed by atoms with Gasteiger partial charge in [-0.25, -0.2) is 8.42 Å². The molecule has 0 saturated heterocycles. The van der Waals surface area contributed by atoms with Crippen LogP contribution in [0.2, 0.25) is 0 Å². The molecule has 2 aliphatic carbocycles. The van der Waals surface area contributed by atoms with Gasteiger partial charge < -0.3 is 4.74 Å². The van der Waals surface area contributed by atoms with Gasteiger partial charge in [0.1, 0.15) is 5.75 Å². The zero-order chi connectivity index (χ0) is 20.3. The van der Waals surface area contributed by atoms with Crippen LogP contribution in [0.25, 0.3) is 0 Å². The van der Waals surface area contributed by atoms with Crippen molar-refractivity contribution < 1.29 is 13.2 Å². The Labute approximate surface area is 172 Å². The van der Waals surface area contributed by atoms with Gasteiger partial charge in [0.25, 0.3) is 0 Å². The Kier molecular flexibility index (Phi) is 7.12. The number of benzene rings is 1. The molecule has 0 radical (unpaired) electrons. The Balaban J connectivity index is 1.49. The van der Waals surface area contributed by atoms with Gasteiger partial charge in [-0.1, -0.05) is 25.0 Å². The van der Waals surface area contributed by atoms with Crippen molar-refractivity contribution >= 4 is 9.84 Å². The lowest BCUT2D eigenvalue weighted by Crippen LogP contribution is -2.26. The van der Waals surface area contributed by atoms with Crippen molar-refractivity contribution in [3.8, 4) is 5.75 Å². The number of ether oxygens (including phenoxy) is 1. The van der Waals surface area contributed by atoms with Crippen LogP contribution in [0, 0.1) is 31.6 Å². The number of sulfone groups is 1. The Morgan fingerprint density at radius 2 is 1.57 bits per heavy atom. The van der Waals surface area contributed by atoms with Crippen LogP contribution in [0.15, 0.2) is 12.1 Å². The van der Waals surface area contributed by atoms with Gasteiger partial charge in [-0.3, -0.25) is 0 Å². The molecule has 3 nitrogen and oxygen atoms in total. The first-order valence-corrected chi connectivity index (χ1v) is 12.9. The fourth-order valence-corrected chi connectivity index (χ4v) is 5.79. The standard InChI is InChI=1S/C24H38O3S/c1-17(2)28(25,26)16-22-10-6-20(7-11-22)12-14-23-13-5-18(3)24(19(23)4)27-15-21-8-9-21/h5,13,17,20-22H,6-12,14-16H2,1-4H3. The number of hydrogen-bond donors (Lipinski definition) is 0. The minimum Gasteiger partial charge on any atom is -0.493 e. The molecule has 0 heterocycles. The van der Waals surface area contributed by atoms with Gasteiger partial charge in [0.15, 0.2) is 9.84 Å². The Bertz CT molecular complexity index is 754. The first kappa shape index (κ1) is 21.7. The van der Waals surface area contributed by atoms with Gasteiger partial charge in [-0.05, 0) is 101 Å². The largest absolute Gasteiger partial charge is 0.493 e. The first-order chi connectivity index (χ1) is 13.3. The number of rotatable bonds is 9. The maximum atomic E-state index is 12.2. The summed E-state index contributed by atoms with van der Waals surface area (Å²) in [5, 5.41) is -0.244. The summed E-state index contributed by atoms with van der Waals surface area (Å²) in [4.78, 5) is 0. The molecule has 2 fully saturated rings. The van der Waals surface area contributed by atoms with Crippen molar-refractivity contribution in [2.45, 2.75) is 84.3 Å². The smallest absolute Gasteiger partial charge is 0.152 e. The molecule has 0 bridgehead atoms. The fourth-order valence-electron chi connectivity index (χ4n) is 4.41. The van der Waals surface area contributed by atoms with Crippen molar-refractivity contribution in [2.75, 3.05) is 12.4 Å². The Morgan fingerprint density at radius 1 is 0.964 bits per heavy atom. The summed E-state index contributed by atoms with van der Waals surface area (Å²) in [5.41, 5.74) is 3.98. The molecule has 2 aliphatic rings. The van der Waals surface area contributed by atoms with Gasteiger partial charge in [-0.2, -0.15) is 0 Å². The minimum absolute atomic E-state index is 0.244. The van der Waals surface area contributed by atoms with Crippen molar-refractivity contribution in [3.63, 3.8) is 0 Å². The maximum Gasteiger partial charge on any atom is 0.152 e. The predicted molar refractivity (Wildman–Crippen MR) is 117 cm³/mol. The highest BCUT2D eigenvalue weighted by molar-refractivity contribution is 7.91. The molecule has 0 aliphatic heterocycles. The van der Waals surface area contributed by atoms with Crippen LogP contribution in [-0.4, -0.2) is 26.0 Å². The molecule has 2 saturated carbocycles. The van der Waals surface area contributed by atoms with Crippen molar-refractivity contribution in [1.82, 2.24) is 0 Å². The molecule has 3 rings (SSSR count). The highest BCUT2D eigenvalue weighted by Gasteiger charge is 2.27. The second-order valence-electron chi connectivity index (χ2n) is 9.55. The Morgan fingerprint density at radius 3 is 2.18 bits per heavy atom. The normalized spacial score (nSPS) is 23.2. The van der Waals surface area contributed by atoms with Crippen molar-refractivity contribution in [3.05, 3.63) is 28.8 Å². The van der Waals surface area contributed by atoms with E-state index < -0.39 is 9.84 Å².